The molecule has 0 aliphatic rings. The van der Waals surface area contributed by atoms with Crippen molar-refractivity contribution < 1.29 is 8.78 Å². The molecule has 0 bridgehead atoms. The lowest BCUT2D eigenvalue weighted by Crippen LogP contribution is -2.25. The summed E-state index contributed by atoms with van der Waals surface area (Å²) in [5.74, 6) is -1.06. The van der Waals surface area contributed by atoms with E-state index in [1.807, 2.05) is 36.4 Å². The van der Waals surface area contributed by atoms with Crippen LogP contribution in [0.3, 0.4) is 0 Å². The predicted molar refractivity (Wildman–Crippen MR) is 131 cm³/mol. The predicted octanol–water partition coefficient (Wildman–Crippen LogP) is 4.55. The van der Waals surface area contributed by atoms with Crippen molar-refractivity contribution in [1.82, 2.24) is 34.7 Å². The molecule has 0 radical (unpaired) electrons. The fourth-order valence-electron chi connectivity index (χ4n) is 4.18. The molecule has 3 heterocycles. The van der Waals surface area contributed by atoms with Gasteiger partial charge in [-0.15, -0.1) is 5.10 Å². The Morgan fingerprint density at radius 1 is 1.00 bits per heavy atom. The van der Waals surface area contributed by atoms with E-state index in [9.17, 15) is 13.6 Å². The number of aromatic amines is 1. The lowest BCUT2D eigenvalue weighted by molar-refractivity contribution is 0.564. The second kappa shape index (κ2) is 10.0. The number of pyridine rings is 1. The number of nitrogens with one attached hydrogen (secondary N) is 1. The molecular weight excluding hydrogens is 464 g/mol. The van der Waals surface area contributed by atoms with Crippen LogP contribution in [-0.2, 0) is 13.0 Å². The standard InChI is InChI=1S/C26H23F2N7O/c1-2-3-6-19-16-35(24-21(27)8-4-9-22(24)28)26(36)34(19)15-17-10-12-18(13-11-17)23-20(7-5-14-29-23)25-30-32-33-31-25/h4-5,7-14,16H,2-3,6,15H2,1H3,(H,30,31,32,33). The van der Waals surface area contributed by atoms with Crippen LogP contribution >= 0.6 is 0 Å². The Morgan fingerprint density at radius 2 is 1.78 bits per heavy atom. The molecule has 2 aromatic carbocycles. The molecule has 0 saturated heterocycles. The molecule has 5 aromatic rings. The number of aromatic nitrogens is 7. The maximum Gasteiger partial charge on any atom is 0.333 e. The van der Waals surface area contributed by atoms with E-state index >= 15 is 0 Å². The van der Waals surface area contributed by atoms with E-state index in [0.29, 0.717) is 17.9 Å². The van der Waals surface area contributed by atoms with Gasteiger partial charge in [0, 0.05) is 29.2 Å². The number of benzene rings is 2. The first kappa shape index (κ1) is 23.3. The second-order valence-electron chi connectivity index (χ2n) is 8.38. The Hall–Kier alpha value is -4.47. The van der Waals surface area contributed by atoms with Gasteiger partial charge in [-0.2, -0.15) is 0 Å². The highest BCUT2D eigenvalue weighted by Gasteiger charge is 2.19. The minimum Gasteiger partial charge on any atom is -0.292 e. The van der Waals surface area contributed by atoms with Gasteiger partial charge < -0.3 is 0 Å². The van der Waals surface area contributed by atoms with Gasteiger partial charge in [0.15, 0.2) is 5.82 Å². The van der Waals surface area contributed by atoms with E-state index in [-0.39, 0.29) is 12.2 Å². The lowest BCUT2D eigenvalue weighted by atomic mass is 10.0. The number of unbranched alkanes of at least 4 members (excludes halogenated alkanes) is 1. The third kappa shape index (κ3) is 4.45. The molecule has 8 nitrogen and oxygen atoms in total. The van der Waals surface area contributed by atoms with Crippen LogP contribution in [0.25, 0.3) is 28.3 Å². The van der Waals surface area contributed by atoms with E-state index < -0.39 is 17.3 Å². The minimum absolute atomic E-state index is 0.266. The van der Waals surface area contributed by atoms with Crippen LogP contribution in [0.5, 0.6) is 0 Å². The Morgan fingerprint density at radius 3 is 2.47 bits per heavy atom. The number of rotatable bonds is 8. The summed E-state index contributed by atoms with van der Waals surface area (Å²) < 4.78 is 31.5. The number of tetrazole rings is 1. The summed E-state index contributed by atoms with van der Waals surface area (Å²) in [5.41, 5.74) is 3.07. The van der Waals surface area contributed by atoms with E-state index in [1.165, 1.54) is 6.07 Å². The third-order valence-electron chi connectivity index (χ3n) is 6.00. The highest BCUT2D eigenvalue weighted by molar-refractivity contribution is 5.76. The zero-order chi connectivity index (χ0) is 25.1. The maximum atomic E-state index is 14.4. The largest absolute Gasteiger partial charge is 0.333 e. The zero-order valence-electron chi connectivity index (χ0n) is 19.5. The Bertz CT molecular complexity index is 1520. The smallest absolute Gasteiger partial charge is 0.292 e. The molecule has 5 rings (SSSR count). The molecule has 0 saturated carbocycles. The van der Waals surface area contributed by atoms with Gasteiger partial charge in [0.25, 0.3) is 0 Å². The fourth-order valence-corrected chi connectivity index (χ4v) is 4.18. The zero-order valence-corrected chi connectivity index (χ0v) is 19.5. The van der Waals surface area contributed by atoms with E-state index in [0.717, 1.165) is 51.9 Å². The van der Waals surface area contributed by atoms with Crippen molar-refractivity contribution >= 4 is 0 Å². The summed E-state index contributed by atoms with van der Waals surface area (Å²) in [6.45, 7) is 2.32. The van der Waals surface area contributed by atoms with Crippen molar-refractivity contribution in [2.75, 3.05) is 0 Å². The Labute approximate surface area is 205 Å². The molecule has 0 amide bonds. The first-order chi connectivity index (χ1) is 17.6. The number of H-pyrrole nitrogens is 1. The van der Waals surface area contributed by atoms with Crippen LogP contribution in [0, 0.1) is 11.6 Å². The summed E-state index contributed by atoms with van der Waals surface area (Å²) >= 11 is 0. The van der Waals surface area contributed by atoms with Crippen molar-refractivity contribution in [3.8, 4) is 28.3 Å². The first-order valence-corrected chi connectivity index (χ1v) is 11.6. The van der Waals surface area contributed by atoms with Crippen molar-refractivity contribution in [2.24, 2.45) is 0 Å². The molecule has 36 heavy (non-hydrogen) atoms. The van der Waals surface area contributed by atoms with Crippen molar-refractivity contribution in [3.05, 3.63) is 100 Å². The van der Waals surface area contributed by atoms with Crippen LogP contribution in [0.2, 0.25) is 0 Å². The SMILES string of the molecule is CCCCc1cn(-c2c(F)cccc2F)c(=O)n1Cc1ccc(-c2ncccc2-c2nnn[nH]2)cc1. The maximum absolute atomic E-state index is 14.4. The van der Waals surface area contributed by atoms with Crippen molar-refractivity contribution in [1.29, 1.82) is 0 Å². The molecule has 0 aliphatic heterocycles. The summed E-state index contributed by atoms with van der Waals surface area (Å²) in [6.07, 6.45) is 5.63. The van der Waals surface area contributed by atoms with E-state index in [1.54, 1.807) is 17.0 Å². The summed E-state index contributed by atoms with van der Waals surface area (Å²) in [4.78, 5) is 17.8. The third-order valence-corrected chi connectivity index (χ3v) is 6.00. The molecule has 0 unspecified atom stereocenters. The number of halogens is 2. The fraction of sp³-hybridized carbons (Fsp3) is 0.192. The van der Waals surface area contributed by atoms with Crippen LogP contribution in [0.1, 0.15) is 31.0 Å². The molecule has 0 spiro atoms. The topological polar surface area (TPSA) is 94.3 Å². The number of aryl methyl sites for hydroxylation is 1. The van der Waals surface area contributed by atoms with Gasteiger partial charge in [-0.3, -0.25) is 14.1 Å². The summed E-state index contributed by atoms with van der Waals surface area (Å²) in [6, 6.07) is 14.9. The molecule has 182 valence electrons. The van der Waals surface area contributed by atoms with Gasteiger partial charge in [0.2, 0.25) is 0 Å². The normalized spacial score (nSPS) is 11.2. The highest BCUT2D eigenvalue weighted by atomic mass is 19.1. The molecular formula is C26H23F2N7O. The van der Waals surface area contributed by atoms with Gasteiger partial charge in [-0.25, -0.2) is 18.7 Å². The van der Waals surface area contributed by atoms with Gasteiger partial charge in [0.1, 0.15) is 17.3 Å². The van der Waals surface area contributed by atoms with Gasteiger partial charge in [-0.05, 0) is 53.1 Å². The van der Waals surface area contributed by atoms with Crippen molar-refractivity contribution in [3.63, 3.8) is 0 Å². The lowest BCUT2D eigenvalue weighted by Gasteiger charge is -2.09. The monoisotopic (exact) mass is 487 g/mol. The molecule has 0 fully saturated rings. The second-order valence-corrected chi connectivity index (χ2v) is 8.38. The average Bonchev–Trinajstić information content (AvgIpc) is 3.53. The van der Waals surface area contributed by atoms with E-state index in [4.69, 9.17) is 0 Å². The number of hydrogen-bond acceptors (Lipinski definition) is 5. The summed E-state index contributed by atoms with van der Waals surface area (Å²) in [7, 11) is 0. The number of imidazole rings is 1. The Kier molecular flexibility index (Phi) is 6.48. The first-order valence-electron chi connectivity index (χ1n) is 11.6. The quantitative estimate of drug-likeness (QED) is 0.347. The molecule has 3 aromatic heterocycles. The van der Waals surface area contributed by atoms with Crippen LogP contribution in [-0.4, -0.2) is 34.7 Å². The number of hydrogen-bond donors (Lipinski definition) is 1. The Balaban J connectivity index is 1.49. The number of nitrogens with zero attached hydrogens (tertiary/aromatic N) is 6. The van der Waals surface area contributed by atoms with Crippen LogP contribution < -0.4 is 5.69 Å². The molecule has 0 atom stereocenters. The molecule has 10 heteroatoms. The van der Waals surface area contributed by atoms with Crippen LogP contribution in [0.4, 0.5) is 8.78 Å². The minimum atomic E-state index is -0.784. The highest BCUT2D eigenvalue weighted by Crippen LogP contribution is 2.28. The van der Waals surface area contributed by atoms with Crippen LogP contribution in [0.15, 0.2) is 71.8 Å². The number of para-hydroxylation sites is 1. The average molecular weight is 488 g/mol. The van der Waals surface area contributed by atoms with E-state index in [2.05, 4.69) is 32.5 Å². The van der Waals surface area contributed by atoms with Gasteiger partial charge in [-0.1, -0.05) is 43.7 Å². The van der Waals surface area contributed by atoms with Crippen molar-refractivity contribution in [2.45, 2.75) is 32.7 Å². The van der Waals surface area contributed by atoms with Gasteiger partial charge in [0.05, 0.1) is 12.2 Å². The summed E-state index contributed by atoms with van der Waals surface area (Å²) in [5, 5.41) is 14.0. The molecule has 1 N–H and O–H groups in total. The molecule has 0 aliphatic carbocycles. The van der Waals surface area contributed by atoms with Gasteiger partial charge >= 0.3 is 5.69 Å².